The highest BCUT2D eigenvalue weighted by atomic mass is 32.1. The van der Waals surface area contributed by atoms with Gasteiger partial charge in [0.15, 0.2) is 0 Å². The average Bonchev–Trinajstić information content (AvgIpc) is 3.06. The lowest BCUT2D eigenvalue weighted by Gasteiger charge is -2.21. The highest BCUT2D eigenvalue weighted by molar-refractivity contribution is 7.10. The molecule has 0 saturated heterocycles. The van der Waals surface area contributed by atoms with Crippen LogP contribution in [0.5, 0.6) is 5.75 Å². The summed E-state index contributed by atoms with van der Waals surface area (Å²) in [6, 6.07) is 13.7. The zero-order valence-corrected chi connectivity index (χ0v) is 13.6. The summed E-state index contributed by atoms with van der Waals surface area (Å²) >= 11 is 1.36. The van der Waals surface area contributed by atoms with Crippen LogP contribution < -0.4 is 4.74 Å². The second kappa shape index (κ2) is 6.10. The van der Waals surface area contributed by atoms with Crippen LogP contribution in [-0.4, -0.2) is 17.2 Å². The van der Waals surface area contributed by atoms with Gasteiger partial charge in [0.05, 0.1) is 12.8 Å². The summed E-state index contributed by atoms with van der Waals surface area (Å²) in [6.45, 7) is 1.72. The molecule has 0 fully saturated rings. The molecule has 1 heterocycles. The van der Waals surface area contributed by atoms with Crippen LogP contribution in [0.4, 0.5) is 4.39 Å². The Hall–Kier alpha value is -2.24. The Labute approximate surface area is 138 Å². The van der Waals surface area contributed by atoms with E-state index in [0.29, 0.717) is 22.0 Å². The second-order valence-corrected chi connectivity index (χ2v) is 6.18. The van der Waals surface area contributed by atoms with Gasteiger partial charge in [-0.2, -0.15) is 0 Å². The van der Waals surface area contributed by atoms with E-state index in [9.17, 15) is 9.50 Å². The maximum atomic E-state index is 13.3. The fourth-order valence-corrected chi connectivity index (χ4v) is 3.29. The lowest BCUT2D eigenvalue weighted by molar-refractivity contribution is 0.102. The van der Waals surface area contributed by atoms with Crippen molar-refractivity contribution in [2.24, 2.45) is 0 Å². The van der Waals surface area contributed by atoms with Crippen molar-refractivity contribution in [2.45, 2.75) is 12.5 Å². The van der Waals surface area contributed by atoms with E-state index in [-0.39, 0.29) is 5.82 Å². The van der Waals surface area contributed by atoms with Gasteiger partial charge in [0.1, 0.15) is 22.2 Å². The summed E-state index contributed by atoms with van der Waals surface area (Å²) in [5.74, 6) is 0.0542. The average molecular weight is 329 g/mol. The Balaban J connectivity index is 2.01. The molecule has 3 aromatic rings. The lowest BCUT2D eigenvalue weighted by Crippen LogP contribution is -2.22. The van der Waals surface area contributed by atoms with Crippen molar-refractivity contribution >= 4 is 11.3 Å². The quantitative estimate of drug-likeness (QED) is 0.779. The van der Waals surface area contributed by atoms with Crippen LogP contribution in [0.25, 0.3) is 11.3 Å². The second-order valence-electron chi connectivity index (χ2n) is 5.32. The van der Waals surface area contributed by atoms with E-state index in [1.54, 1.807) is 13.0 Å². The molecule has 0 aliphatic rings. The van der Waals surface area contributed by atoms with E-state index in [1.165, 1.54) is 30.6 Å². The Bertz CT molecular complexity index is 815. The molecule has 5 heteroatoms. The monoisotopic (exact) mass is 329 g/mol. The summed E-state index contributed by atoms with van der Waals surface area (Å²) in [6.07, 6.45) is 0. The first-order valence-electron chi connectivity index (χ1n) is 7.10. The van der Waals surface area contributed by atoms with Crippen molar-refractivity contribution in [1.82, 2.24) is 4.98 Å². The molecule has 2 aromatic carbocycles. The molecule has 118 valence electrons. The number of rotatable bonds is 4. The number of aromatic nitrogens is 1. The van der Waals surface area contributed by atoms with E-state index < -0.39 is 5.60 Å². The molecule has 0 aliphatic heterocycles. The molecular weight excluding hydrogens is 313 g/mol. The van der Waals surface area contributed by atoms with Crippen LogP contribution in [-0.2, 0) is 5.60 Å². The maximum Gasteiger partial charge on any atom is 0.138 e. The van der Waals surface area contributed by atoms with Crippen molar-refractivity contribution in [2.75, 3.05) is 7.11 Å². The predicted molar refractivity (Wildman–Crippen MR) is 89.2 cm³/mol. The minimum atomic E-state index is -1.18. The van der Waals surface area contributed by atoms with Gasteiger partial charge in [-0.1, -0.05) is 30.3 Å². The van der Waals surface area contributed by atoms with Gasteiger partial charge in [-0.15, -0.1) is 11.3 Å². The van der Waals surface area contributed by atoms with Gasteiger partial charge in [-0.25, -0.2) is 9.37 Å². The smallest absolute Gasteiger partial charge is 0.138 e. The Kier molecular flexibility index (Phi) is 4.15. The zero-order chi connectivity index (χ0) is 16.4. The summed E-state index contributed by atoms with van der Waals surface area (Å²) < 4.78 is 18.6. The van der Waals surface area contributed by atoms with E-state index >= 15 is 0 Å². The van der Waals surface area contributed by atoms with E-state index in [1.807, 2.05) is 35.7 Å². The number of hydrogen-bond donors (Lipinski definition) is 1. The number of ether oxygens (including phenoxy) is 1. The SMILES string of the molecule is COc1cc(F)ccc1-c1csc(C(C)(O)c2ccccc2)n1. The van der Waals surface area contributed by atoms with Crippen LogP contribution in [0.15, 0.2) is 53.9 Å². The Morgan fingerprint density at radius 3 is 2.61 bits per heavy atom. The molecular formula is C18H16FNO2S. The fraction of sp³-hybridized carbons (Fsp3) is 0.167. The number of aliphatic hydroxyl groups is 1. The van der Waals surface area contributed by atoms with Crippen LogP contribution in [0.1, 0.15) is 17.5 Å². The van der Waals surface area contributed by atoms with Crippen LogP contribution in [0.3, 0.4) is 0 Å². The van der Waals surface area contributed by atoms with Crippen molar-refractivity contribution < 1.29 is 14.2 Å². The van der Waals surface area contributed by atoms with Gasteiger partial charge in [-0.05, 0) is 24.6 Å². The topological polar surface area (TPSA) is 42.4 Å². The van der Waals surface area contributed by atoms with Crippen molar-refractivity contribution in [3.05, 3.63) is 70.3 Å². The number of hydrogen-bond acceptors (Lipinski definition) is 4. The molecule has 0 spiro atoms. The number of thiazole rings is 1. The summed E-state index contributed by atoms with van der Waals surface area (Å²) in [7, 11) is 1.49. The van der Waals surface area contributed by atoms with Gasteiger partial charge in [-0.3, -0.25) is 0 Å². The standard InChI is InChI=1S/C18H16FNO2S/c1-18(21,12-6-4-3-5-7-12)17-20-15(11-23-17)14-9-8-13(19)10-16(14)22-2/h3-11,21H,1-2H3. The van der Waals surface area contributed by atoms with Gasteiger partial charge < -0.3 is 9.84 Å². The van der Waals surface area contributed by atoms with E-state index in [2.05, 4.69) is 4.98 Å². The molecule has 3 nitrogen and oxygen atoms in total. The number of methoxy groups -OCH3 is 1. The molecule has 0 bridgehead atoms. The highest BCUT2D eigenvalue weighted by Gasteiger charge is 2.29. The molecule has 0 amide bonds. The summed E-state index contributed by atoms with van der Waals surface area (Å²) in [5.41, 5.74) is 0.933. The molecule has 0 radical (unpaired) electrons. The molecule has 0 saturated carbocycles. The zero-order valence-electron chi connectivity index (χ0n) is 12.8. The van der Waals surface area contributed by atoms with Crippen molar-refractivity contribution in [1.29, 1.82) is 0 Å². The largest absolute Gasteiger partial charge is 0.496 e. The fourth-order valence-electron chi connectivity index (χ4n) is 2.38. The van der Waals surface area contributed by atoms with Gasteiger partial charge in [0.25, 0.3) is 0 Å². The molecule has 0 aliphatic carbocycles. The van der Waals surface area contributed by atoms with Crippen LogP contribution in [0.2, 0.25) is 0 Å². The summed E-state index contributed by atoms with van der Waals surface area (Å²) in [4.78, 5) is 4.53. The van der Waals surface area contributed by atoms with Gasteiger partial charge >= 0.3 is 0 Å². The van der Waals surface area contributed by atoms with Crippen molar-refractivity contribution in [3.8, 4) is 17.0 Å². The molecule has 23 heavy (non-hydrogen) atoms. The molecule has 1 aromatic heterocycles. The number of halogens is 1. The first-order valence-corrected chi connectivity index (χ1v) is 7.98. The molecule has 3 rings (SSSR count). The third-order valence-corrected chi connectivity index (χ3v) is 4.75. The first kappa shape index (κ1) is 15.6. The van der Waals surface area contributed by atoms with Crippen LogP contribution in [0, 0.1) is 5.82 Å². The lowest BCUT2D eigenvalue weighted by atomic mass is 9.97. The first-order chi connectivity index (χ1) is 11.0. The van der Waals surface area contributed by atoms with E-state index in [0.717, 1.165) is 5.56 Å². The van der Waals surface area contributed by atoms with Crippen molar-refractivity contribution in [3.63, 3.8) is 0 Å². The Morgan fingerprint density at radius 2 is 1.91 bits per heavy atom. The summed E-state index contributed by atoms with van der Waals surface area (Å²) in [5, 5.41) is 13.3. The normalized spacial score (nSPS) is 13.6. The maximum absolute atomic E-state index is 13.3. The van der Waals surface area contributed by atoms with Gasteiger partial charge in [0, 0.05) is 17.0 Å². The minimum absolute atomic E-state index is 0.364. The van der Waals surface area contributed by atoms with Gasteiger partial charge in [0.2, 0.25) is 0 Å². The van der Waals surface area contributed by atoms with E-state index in [4.69, 9.17) is 4.74 Å². The third-order valence-electron chi connectivity index (χ3n) is 3.70. The Morgan fingerprint density at radius 1 is 1.17 bits per heavy atom. The molecule has 1 N–H and O–H groups in total. The highest BCUT2D eigenvalue weighted by Crippen LogP contribution is 2.36. The third kappa shape index (κ3) is 2.98. The number of benzene rings is 2. The minimum Gasteiger partial charge on any atom is -0.496 e. The molecule has 1 atom stereocenters. The predicted octanol–water partition coefficient (Wildman–Crippen LogP) is 4.21. The molecule has 1 unspecified atom stereocenters. The van der Waals surface area contributed by atoms with Crippen LogP contribution >= 0.6 is 11.3 Å². The number of nitrogens with zero attached hydrogens (tertiary/aromatic N) is 1.